The van der Waals surface area contributed by atoms with E-state index in [1.54, 1.807) is 6.08 Å². The molecule has 0 amide bonds. The van der Waals surface area contributed by atoms with E-state index in [9.17, 15) is 4.79 Å². The fourth-order valence-corrected chi connectivity index (χ4v) is 1.97. The van der Waals surface area contributed by atoms with Crippen molar-refractivity contribution in [2.75, 3.05) is 0 Å². The Kier molecular flexibility index (Phi) is 3.64. The molecule has 3 N–H and O–H groups in total. The number of benzene rings is 2. The molecular formula is C13H11O5P. The van der Waals surface area contributed by atoms with Crippen molar-refractivity contribution in [3.05, 3.63) is 53.6 Å². The molecule has 98 valence electrons. The SMILES string of the molecule is O=C1C=Cc2cccc3cccc1c23.O=P(O)(O)O. The molecule has 1 aliphatic carbocycles. The van der Waals surface area contributed by atoms with E-state index in [2.05, 4.69) is 0 Å². The van der Waals surface area contributed by atoms with Gasteiger partial charge in [-0.15, -0.1) is 0 Å². The second-order valence-electron chi connectivity index (χ2n) is 3.96. The van der Waals surface area contributed by atoms with Crippen LogP contribution in [-0.4, -0.2) is 20.5 Å². The molecule has 0 saturated heterocycles. The fourth-order valence-electron chi connectivity index (χ4n) is 1.97. The third kappa shape index (κ3) is 3.36. The van der Waals surface area contributed by atoms with Crippen LogP contribution in [0.2, 0.25) is 0 Å². The summed E-state index contributed by atoms with van der Waals surface area (Å²) in [6.07, 6.45) is 3.52. The molecule has 0 aromatic heterocycles. The van der Waals surface area contributed by atoms with Gasteiger partial charge in [-0.25, -0.2) is 4.57 Å². The minimum atomic E-state index is -4.64. The first-order valence-electron chi connectivity index (χ1n) is 5.39. The molecule has 0 aliphatic heterocycles. The third-order valence-electron chi connectivity index (χ3n) is 2.62. The van der Waals surface area contributed by atoms with Gasteiger partial charge in [-0.2, -0.15) is 0 Å². The van der Waals surface area contributed by atoms with Crippen molar-refractivity contribution < 1.29 is 24.0 Å². The van der Waals surface area contributed by atoms with Crippen LogP contribution in [-0.2, 0) is 4.57 Å². The predicted octanol–water partition coefficient (Wildman–Crippen LogP) is 2.12. The Morgan fingerprint density at radius 1 is 0.895 bits per heavy atom. The number of hydrogen-bond acceptors (Lipinski definition) is 2. The van der Waals surface area contributed by atoms with E-state index in [0.717, 1.165) is 21.9 Å². The Morgan fingerprint density at radius 3 is 2.11 bits per heavy atom. The lowest BCUT2D eigenvalue weighted by Crippen LogP contribution is -2.00. The Balaban J connectivity index is 0.000000232. The molecule has 6 heteroatoms. The van der Waals surface area contributed by atoms with Crippen molar-refractivity contribution in [2.45, 2.75) is 0 Å². The molecule has 0 heterocycles. The maximum Gasteiger partial charge on any atom is 0.466 e. The van der Waals surface area contributed by atoms with E-state index in [0.29, 0.717) is 0 Å². The van der Waals surface area contributed by atoms with E-state index in [1.165, 1.54) is 0 Å². The van der Waals surface area contributed by atoms with Crippen LogP contribution < -0.4 is 0 Å². The number of phosphoric acid groups is 1. The van der Waals surface area contributed by atoms with Gasteiger partial charge in [0.15, 0.2) is 5.78 Å². The Labute approximate surface area is 109 Å². The second kappa shape index (κ2) is 5.07. The van der Waals surface area contributed by atoms with Gasteiger partial charge in [0.2, 0.25) is 0 Å². The highest BCUT2D eigenvalue weighted by Crippen LogP contribution is 2.28. The zero-order chi connectivity index (χ0) is 14.0. The van der Waals surface area contributed by atoms with Crippen LogP contribution in [0.25, 0.3) is 16.8 Å². The summed E-state index contributed by atoms with van der Waals surface area (Å²) in [7, 11) is -4.64. The molecule has 5 nitrogen and oxygen atoms in total. The Morgan fingerprint density at radius 2 is 1.47 bits per heavy atom. The lowest BCUT2D eigenvalue weighted by Gasteiger charge is -2.10. The normalized spacial score (nSPS) is 13.1. The van der Waals surface area contributed by atoms with E-state index in [4.69, 9.17) is 19.2 Å². The van der Waals surface area contributed by atoms with E-state index >= 15 is 0 Å². The van der Waals surface area contributed by atoms with E-state index < -0.39 is 7.82 Å². The monoisotopic (exact) mass is 278 g/mol. The van der Waals surface area contributed by atoms with Crippen molar-refractivity contribution in [2.24, 2.45) is 0 Å². The number of carbonyl (C=O) groups excluding carboxylic acids is 1. The van der Waals surface area contributed by atoms with Gasteiger partial charge in [-0.1, -0.05) is 42.5 Å². The average molecular weight is 278 g/mol. The van der Waals surface area contributed by atoms with Crippen LogP contribution in [0.5, 0.6) is 0 Å². The minimum absolute atomic E-state index is 0.106. The predicted molar refractivity (Wildman–Crippen MR) is 71.6 cm³/mol. The standard InChI is InChI=1S/C13H8O.H3O4P/c14-12-8-7-10-4-1-3-9-5-2-6-11(12)13(9)10;1-5(2,3)4/h1-8H;(H3,1,2,3,4). The molecule has 1 aliphatic rings. The molecule has 0 bridgehead atoms. The van der Waals surface area contributed by atoms with Gasteiger partial charge >= 0.3 is 7.82 Å². The van der Waals surface area contributed by atoms with Crippen LogP contribution in [0.3, 0.4) is 0 Å². The van der Waals surface area contributed by atoms with Gasteiger partial charge in [-0.3, -0.25) is 4.79 Å². The molecule has 0 saturated carbocycles. The minimum Gasteiger partial charge on any atom is -0.303 e. The average Bonchev–Trinajstić information content (AvgIpc) is 2.32. The van der Waals surface area contributed by atoms with Crippen LogP contribution in [0.4, 0.5) is 0 Å². The molecule has 2 aromatic rings. The van der Waals surface area contributed by atoms with Gasteiger partial charge in [0.05, 0.1) is 0 Å². The molecule has 19 heavy (non-hydrogen) atoms. The largest absolute Gasteiger partial charge is 0.466 e. The summed E-state index contributed by atoms with van der Waals surface area (Å²) in [5.41, 5.74) is 1.96. The summed E-state index contributed by atoms with van der Waals surface area (Å²) in [4.78, 5) is 33.1. The van der Waals surface area contributed by atoms with E-state index in [1.807, 2.05) is 42.5 Å². The Bertz CT molecular complexity index is 701. The van der Waals surface area contributed by atoms with Gasteiger partial charge in [0, 0.05) is 10.9 Å². The van der Waals surface area contributed by atoms with Crippen molar-refractivity contribution in [3.63, 3.8) is 0 Å². The summed E-state index contributed by atoms with van der Waals surface area (Å²) in [5.74, 6) is 0.106. The molecule has 2 aromatic carbocycles. The number of rotatable bonds is 0. The first-order chi connectivity index (χ1) is 8.86. The van der Waals surface area contributed by atoms with Crippen LogP contribution >= 0.6 is 7.82 Å². The van der Waals surface area contributed by atoms with Crippen molar-refractivity contribution >= 4 is 30.5 Å². The highest BCUT2D eigenvalue weighted by Gasteiger charge is 2.13. The van der Waals surface area contributed by atoms with Crippen LogP contribution in [0.1, 0.15) is 15.9 Å². The molecule has 0 fully saturated rings. The first kappa shape index (κ1) is 13.6. The van der Waals surface area contributed by atoms with Gasteiger partial charge in [0.25, 0.3) is 0 Å². The molecule has 0 spiro atoms. The lowest BCUT2D eigenvalue weighted by atomic mass is 9.92. The van der Waals surface area contributed by atoms with Crippen LogP contribution in [0.15, 0.2) is 42.5 Å². The fraction of sp³-hybridized carbons (Fsp3) is 0. The summed E-state index contributed by atoms with van der Waals surface area (Å²) < 4.78 is 8.88. The van der Waals surface area contributed by atoms with Crippen LogP contribution in [0, 0.1) is 0 Å². The maximum atomic E-state index is 11.6. The van der Waals surface area contributed by atoms with Crippen molar-refractivity contribution in [3.8, 4) is 0 Å². The summed E-state index contributed by atoms with van der Waals surface area (Å²) >= 11 is 0. The van der Waals surface area contributed by atoms with Crippen molar-refractivity contribution in [1.29, 1.82) is 0 Å². The summed E-state index contributed by atoms with van der Waals surface area (Å²) in [6.45, 7) is 0. The maximum absolute atomic E-state index is 11.6. The number of allylic oxidation sites excluding steroid dienone is 1. The molecule has 0 radical (unpaired) electrons. The van der Waals surface area contributed by atoms with Crippen molar-refractivity contribution in [1.82, 2.24) is 0 Å². The van der Waals surface area contributed by atoms with Gasteiger partial charge in [-0.05, 0) is 17.0 Å². The van der Waals surface area contributed by atoms with Gasteiger partial charge in [0.1, 0.15) is 0 Å². The Hall–Kier alpha value is -1.78. The van der Waals surface area contributed by atoms with Gasteiger partial charge < -0.3 is 14.7 Å². The quantitative estimate of drug-likeness (QED) is 0.641. The highest BCUT2D eigenvalue weighted by molar-refractivity contribution is 7.45. The zero-order valence-electron chi connectivity index (χ0n) is 9.72. The number of ketones is 1. The molecular weight excluding hydrogens is 267 g/mol. The zero-order valence-corrected chi connectivity index (χ0v) is 10.6. The third-order valence-corrected chi connectivity index (χ3v) is 2.62. The number of carbonyl (C=O) groups is 1. The summed E-state index contributed by atoms with van der Waals surface area (Å²) in [5, 5.41) is 2.22. The molecule has 3 rings (SSSR count). The summed E-state index contributed by atoms with van der Waals surface area (Å²) in [6, 6.07) is 11.9. The number of hydrogen-bond donors (Lipinski definition) is 3. The highest BCUT2D eigenvalue weighted by atomic mass is 31.2. The van der Waals surface area contributed by atoms with E-state index in [-0.39, 0.29) is 5.78 Å². The first-order valence-corrected chi connectivity index (χ1v) is 6.95. The smallest absolute Gasteiger partial charge is 0.303 e. The lowest BCUT2D eigenvalue weighted by molar-refractivity contribution is 0.104. The molecule has 0 atom stereocenters. The molecule has 0 unspecified atom stereocenters. The topological polar surface area (TPSA) is 94.8 Å². The second-order valence-corrected chi connectivity index (χ2v) is 4.99.